The first-order valence-electron chi connectivity index (χ1n) is 7.89. The molecule has 19 heavy (non-hydrogen) atoms. The molecule has 1 heterocycles. The lowest BCUT2D eigenvalue weighted by Crippen LogP contribution is -2.40. The fraction of sp³-hybridized carbons (Fsp3) is 0.647. The van der Waals surface area contributed by atoms with Crippen molar-refractivity contribution in [1.29, 1.82) is 0 Å². The standard InChI is InChI=1S/C17H26N2/c1-14(13-19-11-4-5-12-19)18-17-10-6-8-15-7-2-3-9-16(15)17/h2-3,7,9,14,17-18H,4-6,8,10-13H2,1H3. The lowest BCUT2D eigenvalue weighted by molar-refractivity contribution is 0.279. The number of hydrogen-bond acceptors (Lipinski definition) is 2. The summed E-state index contributed by atoms with van der Waals surface area (Å²) in [6.07, 6.45) is 6.65. The zero-order valence-electron chi connectivity index (χ0n) is 12.1. The molecule has 1 aromatic carbocycles. The van der Waals surface area contributed by atoms with Crippen molar-refractivity contribution in [3.05, 3.63) is 35.4 Å². The average molecular weight is 258 g/mol. The minimum atomic E-state index is 0.572. The Kier molecular flexibility index (Phi) is 4.19. The van der Waals surface area contributed by atoms with Crippen molar-refractivity contribution in [3.63, 3.8) is 0 Å². The van der Waals surface area contributed by atoms with Crippen LogP contribution in [0.2, 0.25) is 0 Å². The number of nitrogens with one attached hydrogen (secondary N) is 1. The molecule has 0 bridgehead atoms. The second kappa shape index (κ2) is 6.06. The Hall–Kier alpha value is -0.860. The summed E-state index contributed by atoms with van der Waals surface area (Å²) in [5.41, 5.74) is 3.10. The van der Waals surface area contributed by atoms with Gasteiger partial charge >= 0.3 is 0 Å². The SMILES string of the molecule is CC(CN1CCCC1)NC1CCCc2ccccc21. The van der Waals surface area contributed by atoms with Crippen LogP contribution < -0.4 is 5.32 Å². The van der Waals surface area contributed by atoms with Gasteiger partial charge in [0.05, 0.1) is 0 Å². The summed E-state index contributed by atoms with van der Waals surface area (Å²) >= 11 is 0. The molecule has 2 atom stereocenters. The van der Waals surface area contributed by atoms with Crippen molar-refractivity contribution in [1.82, 2.24) is 10.2 Å². The molecule has 1 fully saturated rings. The van der Waals surface area contributed by atoms with Crippen LogP contribution in [-0.4, -0.2) is 30.6 Å². The van der Waals surface area contributed by atoms with Gasteiger partial charge in [-0.25, -0.2) is 0 Å². The summed E-state index contributed by atoms with van der Waals surface area (Å²) in [5.74, 6) is 0. The summed E-state index contributed by atoms with van der Waals surface area (Å²) in [6, 6.07) is 10.1. The number of aryl methyl sites for hydroxylation is 1. The van der Waals surface area contributed by atoms with Gasteiger partial charge in [0, 0.05) is 18.6 Å². The predicted octanol–water partition coefficient (Wildman–Crippen LogP) is 3.14. The van der Waals surface area contributed by atoms with Crippen LogP contribution in [0.15, 0.2) is 24.3 Å². The molecule has 1 aromatic rings. The van der Waals surface area contributed by atoms with E-state index in [2.05, 4.69) is 41.4 Å². The Balaban J connectivity index is 1.60. The molecule has 3 rings (SSSR count). The van der Waals surface area contributed by atoms with E-state index in [-0.39, 0.29) is 0 Å². The van der Waals surface area contributed by atoms with Crippen LogP contribution in [0.25, 0.3) is 0 Å². The maximum atomic E-state index is 3.86. The quantitative estimate of drug-likeness (QED) is 0.892. The van der Waals surface area contributed by atoms with Gasteiger partial charge in [-0.1, -0.05) is 24.3 Å². The van der Waals surface area contributed by atoms with Crippen molar-refractivity contribution in [2.45, 2.75) is 51.1 Å². The highest BCUT2D eigenvalue weighted by Gasteiger charge is 2.22. The van der Waals surface area contributed by atoms with Crippen molar-refractivity contribution in [2.75, 3.05) is 19.6 Å². The van der Waals surface area contributed by atoms with Crippen molar-refractivity contribution >= 4 is 0 Å². The Morgan fingerprint density at radius 2 is 2.00 bits per heavy atom. The van der Waals surface area contributed by atoms with Gasteiger partial charge in [0.15, 0.2) is 0 Å². The topological polar surface area (TPSA) is 15.3 Å². The molecule has 2 heteroatoms. The Morgan fingerprint density at radius 1 is 1.21 bits per heavy atom. The highest BCUT2D eigenvalue weighted by molar-refractivity contribution is 5.32. The van der Waals surface area contributed by atoms with Gasteiger partial charge in [-0.2, -0.15) is 0 Å². The Bertz CT molecular complexity index is 409. The monoisotopic (exact) mass is 258 g/mol. The largest absolute Gasteiger partial charge is 0.306 e. The first-order chi connectivity index (χ1) is 9.33. The molecule has 1 aliphatic carbocycles. The van der Waals surface area contributed by atoms with Gasteiger partial charge in [0.2, 0.25) is 0 Å². The third-order valence-corrected chi connectivity index (χ3v) is 4.59. The molecule has 0 radical (unpaired) electrons. The molecule has 0 aromatic heterocycles. The number of fused-ring (bicyclic) bond motifs is 1. The minimum Gasteiger partial charge on any atom is -0.306 e. The van der Waals surface area contributed by atoms with E-state index in [4.69, 9.17) is 0 Å². The van der Waals surface area contributed by atoms with Gasteiger partial charge < -0.3 is 10.2 Å². The van der Waals surface area contributed by atoms with E-state index >= 15 is 0 Å². The molecular formula is C17H26N2. The predicted molar refractivity (Wildman–Crippen MR) is 80.4 cm³/mol. The molecule has 1 N–H and O–H groups in total. The molecular weight excluding hydrogens is 232 g/mol. The summed E-state index contributed by atoms with van der Waals surface area (Å²) in [7, 11) is 0. The summed E-state index contributed by atoms with van der Waals surface area (Å²) < 4.78 is 0. The summed E-state index contributed by atoms with van der Waals surface area (Å²) in [4.78, 5) is 2.60. The lowest BCUT2D eigenvalue weighted by Gasteiger charge is -2.31. The third kappa shape index (κ3) is 3.18. The van der Waals surface area contributed by atoms with E-state index in [0.717, 1.165) is 0 Å². The molecule has 104 valence electrons. The second-order valence-electron chi connectivity index (χ2n) is 6.22. The molecule has 1 saturated heterocycles. The minimum absolute atomic E-state index is 0.572. The van der Waals surface area contributed by atoms with Crippen LogP contribution in [0.3, 0.4) is 0 Å². The van der Waals surface area contributed by atoms with Crippen LogP contribution in [0, 0.1) is 0 Å². The van der Waals surface area contributed by atoms with Crippen molar-refractivity contribution < 1.29 is 0 Å². The molecule has 1 aliphatic heterocycles. The molecule has 2 nitrogen and oxygen atoms in total. The maximum absolute atomic E-state index is 3.86. The fourth-order valence-corrected chi connectivity index (χ4v) is 3.68. The normalized spacial score (nSPS) is 25.2. The highest BCUT2D eigenvalue weighted by Crippen LogP contribution is 2.29. The van der Waals surface area contributed by atoms with Crippen LogP contribution in [-0.2, 0) is 6.42 Å². The van der Waals surface area contributed by atoms with E-state index in [1.807, 2.05) is 0 Å². The van der Waals surface area contributed by atoms with Crippen LogP contribution >= 0.6 is 0 Å². The van der Waals surface area contributed by atoms with Gasteiger partial charge in [-0.3, -0.25) is 0 Å². The van der Waals surface area contributed by atoms with Crippen LogP contribution in [0.5, 0.6) is 0 Å². The smallest absolute Gasteiger partial charge is 0.0325 e. The van der Waals surface area contributed by atoms with Crippen molar-refractivity contribution in [2.24, 2.45) is 0 Å². The highest BCUT2D eigenvalue weighted by atomic mass is 15.2. The van der Waals surface area contributed by atoms with Gasteiger partial charge in [0.25, 0.3) is 0 Å². The number of benzene rings is 1. The Morgan fingerprint density at radius 3 is 2.84 bits per heavy atom. The van der Waals surface area contributed by atoms with E-state index in [1.54, 1.807) is 11.1 Å². The van der Waals surface area contributed by atoms with E-state index in [1.165, 1.54) is 51.7 Å². The van der Waals surface area contributed by atoms with E-state index in [0.29, 0.717) is 12.1 Å². The zero-order valence-corrected chi connectivity index (χ0v) is 12.1. The third-order valence-electron chi connectivity index (χ3n) is 4.59. The second-order valence-corrected chi connectivity index (χ2v) is 6.22. The molecule has 2 unspecified atom stereocenters. The number of likely N-dealkylation sites (tertiary alicyclic amines) is 1. The summed E-state index contributed by atoms with van der Waals surface area (Å²) in [5, 5.41) is 3.86. The number of nitrogens with zero attached hydrogens (tertiary/aromatic N) is 1. The maximum Gasteiger partial charge on any atom is 0.0325 e. The average Bonchev–Trinajstić information content (AvgIpc) is 2.92. The summed E-state index contributed by atoms with van der Waals surface area (Å²) in [6.45, 7) is 6.15. The zero-order chi connectivity index (χ0) is 13.1. The number of rotatable bonds is 4. The first-order valence-corrected chi connectivity index (χ1v) is 7.89. The fourth-order valence-electron chi connectivity index (χ4n) is 3.68. The van der Waals surface area contributed by atoms with Crippen LogP contribution in [0.1, 0.15) is 49.8 Å². The van der Waals surface area contributed by atoms with E-state index < -0.39 is 0 Å². The Labute approximate surface area is 117 Å². The van der Waals surface area contributed by atoms with Crippen LogP contribution in [0.4, 0.5) is 0 Å². The van der Waals surface area contributed by atoms with Crippen molar-refractivity contribution in [3.8, 4) is 0 Å². The van der Waals surface area contributed by atoms with Gasteiger partial charge in [0.1, 0.15) is 0 Å². The van der Waals surface area contributed by atoms with Gasteiger partial charge in [-0.05, 0) is 63.2 Å². The van der Waals surface area contributed by atoms with Gasteiger partial charge in [-0.15, -0.1) is 0 Å². The number of hydrogen-bond donors (Lipinski definition) is 1. The molecule has 0 amide bonds. The first kappa shape index (κ1) is 13.1. The molecule has 0 saturated carbocycles. The van der Waals surface area contributed by atoms with E-state index in [9.17, 15) is 0 Å². The molecule has 0 spiro atoms. The molecule has 2 aliphatic rings. The lowest BCUT2D eigenvalue weighted by atomic mass is 9.87.